The molecule has 0 unspecified atom stereocenters. The van der Waals surface area contributed by atoms with E-state index in [1.165, 1.54) is 4.90 Å². The second kappa shape index (κ2) is 8.32. The van der Waals surface area contributed by atoms with Crippen LogP contribution in [0.25, 0.3) is 0 Å². The van der Waals surface area contributed by atoms with Gasteiger partial charge in [-0.15, -0.1) is 0 Å². The van der Waals surface area contributed by atoms with Crippen LogP contribution in [-0.4, -0.2) is 56.2 Å². The predicted octanol–water partition coefficient (Wildman–Crippen LogP) is 5.01. The normalized spacial score (nSPS) is 22.2. The number of aromatic nitrogens is 4. The van der Waals surface area contributed by atoms with E-state index in [0.29, 0.717) is 25.1 Å². The predicted molar refractivity (Wildman–Crippen MR) is 118 cm³/mol. The third kappa shape index (κ3) is 4.54. The Morgan fingerprint density at radius 3 is 2.38 bits per heavy atom. The molecule has 1 saturated heterocycles. The van der Waals surface area contributed by atoms with Gasteiger partial charge in [-0.3, -0.25) is 9.50 Å². The minimum Gasteiger partial charge on any atom is -0.476 e. The summed E-state index contributed by atoms with van der Waals surface area (Å²) in [5.41, 5.74) is -2.95. The molecule has 0 radical (unpaired) electrons. The fourth-order valence-corrected chi connectivity index (χ4v) is 5.42. The molecule has 0 bridgehead atoms. The number of hydrogen-bond donors (Lipinski definition) is 0. The van der Waals surface area contributed by atoms with Crippen LogP contribution in [0.1, 0.15) is 79.2 Å². The van der Waals surface area contributed by atoms with Crippen LogP contribution in [-0.2, 0) is 6.18 Å². The lowest BCUT2D eigenvalue weighted by atomic mass is 9.60. The van der Waals surface area contributed by atoms with Gasteiger partial charge in [-0.25, -0.2) is 23.4 Å². The van der Waals surface area contributed by atoms with E-state index in [1.54, 1.807) is 6.33 Å². The van der Waals surface area contributed by atoms with Gasteiger partial charge in [0.05, 0.1) is 17.0 Å². The first-order chi connectivity index (χ1) is 16.9. The first-order valence-electron chi connectivity index (χ1n) is 12.2. The zero-order valence-electron chi connectivity index (χ0n) is 20.1. The van der Waals surface area contributed by atoms with E-state index < -0.39 is 41.5 Å². The van der Waals surface area contributed by atoms with Crippen LogP contribution in [0, 0.1) is 10.8 Å². The van der Waals surface area contributed by atoms with Crippen molar-refractivity contribution in [1.29, 1.82) is 0 Å². The number of carbonyl (C=O) groups excluding carboxylic acids is 1. The highest BCUT2D eigenvalue weighted by atomic mass is 19.4. The summed E-state index contributed by atoms with van der Waals surface area (Å²) in [4.78, 5) is 22.5. The topological polar surface area (TPSA) is 73.1 Å². The Morgan fingerprint density at radius 2 is 1.81 bits per heavy atom. The molecule has 4 aliphatic rings. The van der Waals surface area contributed by atoms with Crippen LogP contribution >= 0.6 is 0 Å². The monoisotopic (exact) mass is 531 g/mol. The van der Waals surface area contributed by atoms with E-state index in [-0.39, 0.29) is 34.6 Å². The van der Waals surface area contributed by atoms with Gasteiger partial charge in [0.25, 0.3) is 11.8 Å². The van der Waals surface area contributed by atoms with Crippen LogP contribution in [0.3, 0.4) is 0 Å². The summed E-state index contributed by atoms with van der Waals surface area (Å²) < 4.78 is 75.7. The lowest BCUT2D eigenvalue weighted by Crippen LogP contribution is -2.63. The molecule has 1 amide bonds. The number of amides is 1. The van der Waals surface area contributed by atoms with Gasteiger partial charge in [0.1, 0.15) is 18.5 Å². The van der Waals surface area contributed by atoms with E-state index >= 15 is 0 Å². The fraction of sp³-hybridized carbons (Fsp3) is 0.667. The largest absolute Gasteiger partial charge is 0.476 e. The van der Waals surface area contributed by atoms with E-state index in [2.05, 4.69) is 15.1 Å². The Kier molecular flexibility index (Phi) is 5.80. The average molecular weight is 532 g/mol. The number of nitrogens with zero attached hydrogens (tertiary/aromatic N) is 5. The second-order valence-electron chi connectivity index (χ2n) is 11.1. The first-order valence-corrected chi connectivity index (χ1v) is 12.2. The number of rotatable bonds is 7. The maximum absolute atomic E-state index is 13.8. The van der Waals surface area contributed by atoms with Gasteiger partial charge in [0.2, 0.25) is 5.88 Å². The number of carbonyl (C=O) groups is 1. The number of hydrogen-bond acceptors (Lipinski definition) is 5. The van der Waals surface area contributed by atoms with Gasteiger partial charge in [0.15, 0.2) is 5.82 Å². The van der Waals surface area contributed by atoms with Crippen molar-refractivity contribution in [3.63, 3.8) is 0 Å². The van der Waals surface area contributed by atoms with E-state index in [4.69, 9.17) is 4.74 Å². The van der Waals surface area contributed by atoms with Crippen molar-refractivity contribution in [2.45, 2.75) is 69.5 Å². The minimum absolute atomic E-state index is 0. The molecule has 0 N–H and O–H groups in total. The fourth-order valence-electron chi connectivity index (χ4n) is 5.42. The molecular formula is C24H27F6N5O2. The maximum Gasteiger partial charge on any atom is 0.421 e. The highest BCUT2D eigenvalue weighted by Gasteiger charge is 2.60. The van der Waals surface area contributed by atoms with Crippen LogP contribution in [0.5, 0.6) is 5.88 Å². The zero-order chi connectivity index (χ0) is 25.5. The van der Waals surface area contributed by atoms with Crippen molar-refractivity contribution in [2.24, 2.45) is 10.8 Å². The SMILES string of the molecule is CC(F)(F)C1(COc2ncc(C(=O)N3CC4(CC(n5cnc(C6CC6)n5)C4)C3)cc2C(F)(F)F)CC1.F. The smallest absolute Gasteiger partial charge is 0.421 e. The molecule has 1 spiro atoms. The highest BCUT2D eigenvalue weighted by Crippen LogP contribution is 2.57. The Bertz CT molecular complexity index is 1190. The van der Waals surface area contributed by atoms with Gasteiger partial charge < -0.3 is 9.64 Å². The van der Waals surface area contributed by atoms with Crippen LogP contribution < -0.4 is 4.74 Å². The Morgan fingerprint density at radius 1 is 1.14 bits per heavy atom. The van der Waals surface area contributed by atoms with Gasteiger partial charge in [-0.2, -0.15) is 18.3 Å². The van der Waals surface area contributed by atoms with E-state index in [0.717, 1.165) is 44.6 Å². The van der Waals surface area contributed by atoms with E-state index in [1.807, 2.05) is 4.68 Å². The number of ether oxygens (including phenoxy) is 1. The van der Waals surface area contributed by atoms with Crippen LogP contribution in [0.4, 0.5) is 26.7 Å². The molecule has 3 saturated carbocycles. The standard InChI is InChI=1S/C24H26F5N5O2.FH/c1-21(25,26)23(4-5-23)12-36-19-17(24(27,28)29)6-15(9-30-19)20(35)33-10-22(11-33)7-16(8-22)34-13-31-18(32-34)14-2-3-14;/h6,9,13-14,16H,2-5,7-8,10-12H2,1H3;1H. The van der Waals surface area contributed by atoms with Gasteiger partial charge >= 0.3 is 6.18 Å². The molecule has 3 heterocycles. The first kappa shape index (κ1) is 25.8. The number of halogens is 6. The Hall–Kier alpha value is -2.86. The summed E-state index contributed by atoms with van der Waals surface area (Å²) in [5.74, 6) is -3.02. The summed E-state index contributed by atoms with van der Waals surface area (Å²) in [6.45, 7) is 1.09. The number of pyridine rings is 1. The molecule has 2 aromatic rings. The summed E-state index contributed by atoms with van der Waals surface area (Å²) in [7, 11) is 0. The summed E-state index contributed by atoms with van der Waals surface area (Å²) in [6.07, 6.45) is 2.22. The van der Waals surface area contributed by atoms with Crippen LogP contribution in [0.15, 0.2) is 18.6 Å². The summed E-state index contributed by atoms with van der Waals surface area (Å²) in [5, 5.41) is 4.57. The lowest BCUT2D eigenvalue weighted by Gasteiger charge is -2.58. The highest BCUT2D eigenvalue weighted by molar-refractivity contribution is 5.95. The van der Waals surface area contributed by atoms with Crippen molar-refractivity contribution in [2.75, 3.05) is 19.7 Å². The quantitative estimate of drug-likeness (QED) is 0.470. The lowest BCUT2D eigenvalue weighted by molar-refractivity contribution is -0.140. The molecule has 2 aromatic heterocycles. The van der Waals surface area contributed by atoms with Gasteiger partial charge in [-0.05, 0) is 44.6 Å². The van der Waals surface area contributed by atoms with Crippen molar-refractivity contribution in [3.05, 3.63) is 35.5 Å². The molecule has 1 aliphatic heterocycles. The van der Waals surface area contributed by atoms with Crippen molar-refractivity contribution >= 4 is 5.91 Å². The molecule has 202 valence electrons. The third-order valence-electron chi connectivity index (χ3n) is 8.19. The Labute approximate surface area is 208 Å². The Balaban J connectivity index is 0.00000280. The van der Waals surface area contributed by atoms with Crippen molar-refractivity contribution in [1.82, 2.24) is 24.6 Å². The molecule has 7 nitrogen and oxygen atoms in total. The molecule has 6 rings (SSSR count). The van der Waals surface area contributed by atoms with E-state index in [9.17, 15) is 26.7 Å². The average Bonchev–Trinajstić information content (AvgIpc) is 3.68. The number of likely N-dealkylation sites (tertiary alicyclic amines) is 1. The molecule has 0 aromatic carbocycles. The second-order valence-corrected chi connectivity index (χ2v) is 11.1. The van der Waals surface area contributed by atoms with Crippen LogP contribution in [0.2, 0.25) is 0 Å². The zero-order valence-corrected chi connectivity index (χ0v) is 20.1. The minimum atomic E-state index is -4.85. The van der Waals surface area contributed by atoms with Crippen molar-refractivity contribution < 1.29 is 36.2 Å². The maximum atomic E-state index is 13.8. The third-order valence-corrected chi connectivity index (χ3v) is 8.19. The molecular weight excluding hydrogens is 504 g/mol. The summed E-state index contributed by atoms with van der Waals surface area (Å²) >= 11 is 0. The van der Waals surface area contributed by atoms with Gasteiger partial charge in [-0.1, -0.05) is 0 Å². The van der Waals surface area contributed by atoms with Crippen molar-refractivity contribution in [3.8, 4) is 5.88 Å². The molecule has 0 atom stereocenters. The molecule has 3 aliphatic carbocycles. The molecule has 4 fully saturated rings. The van der Waals surface area contributed by atoms with Gasteiger partial charge in [0, 0.05) is 37.5 Å². The molecule has 13 heteroatoms. The summed E-state index contributed by atoms with van der Waals surface area (Å²) in [6, 6.07) is 0.931. The molecule has 37 heavy (non-hydrogen) atoms. The number of alkyl halides is 5.